The van der Waals surface area contributed by atoms with Gasteiger partial charge in [0.25, 0.3) is 0 Å². The molecule has 1 heterocycles. The van der Waals surface area contributed by atoms with Crippen molar-refractivity contribution in [3.63, 3.8) is 0 Å². The van der Waals surface area contributed by atoms with E-state index in [4.69, 9.17) is 17.7 Å². The summed E-state index contributed by atoms with van der Waals surface area (Å²) < 4.78 is 0. The highest BCUT2D eigenvalue weighted by molar-refractivity contribution is 7.81. The highest BCUT2D eigenvalue weighted by Gasteiger charge is 2.56. The van der Waals surface area contributed by atoms with Gasteiger partial charge in [-0.05, 0) is 30.9 Å². The highest BCUT2D eigenvalue weighted by Crippen LogP contribution is 2.39. The largest absolute Gasteiger partial charge is 0.481 e. The predicted molar refractivity (Wildman–Crippen MR) is 122 cm³/mol. The molecule has 2 atom stereocenters. The number of nitrogens with zero attached hydrogens (tertiary/aromatic N) is 2. The fraction of sp³-hybridized carbons (Fsp3) is 0.375. The summed E-state index contributed by atoms with van der Waals surface area (Å²) in [6.45, 7) is 2.44. The van der Waals surface area contributed by atoms with Gasteiger partial charge in [-0.2, -0.15) is 12.6 Å². The predicted octanol–water partition coefficient (Wildman–Crippen LogP) is 4.35. The van der Waals surface area contributed by atoms with Gasteiger partial charge in [-0.3, -0.25) is 9.59 Å². The standard InChI is InChI=1S/C24H28N2O4S/c1-24(20(27)14-8-9-15-21(28)29)22(31)25(16-18-10-4-2-5-11-18)23(30)26(24)17-19-12-6-3-7-13-19/h2-7,10-13,22,31H,8-9,14-17H2,1H3,(H,28,29)/t22-,24-/m1/s1. The Balaban J connectivity index is 1.85. The Kier molecular flexibility index (Phi) is 7.38. The zero-order valence-electron chi connectivity index (χ0n) is 17.6. The van der Waals surface area contributed by atoms with Crippen LogP contribution in [0.1, 0.15) is 43.7 Å². The van der Waals surface area contributed by atoms with E-state index in [1.807, 2.05) is 60.7 Å². The molecule has 1 fully saturated rings. The zero-order chi connectivity index (χ0) is 22.4. The van der Waals surface area contributed by atoms with Crippen molar-refractivity contribution < 1.29 is 19.5 Å². The first-order chi connectivity index (χ1) is 14.8. The Hall–Kier alpha value is -2.80. The van der Waals surface area contributed by atoms with Gasteiger partial charge in [0, 0.05) is 25.9 Å². The fourth-order valence-corrected chi connectivity index (χ4v) is 4.41. The van der Waals surface area contributed by atoms with Crippen LogP contribution in [0.4, 0.5) is 4.79 Å². The van der Waals surface area contributed by atoms with Crippen molar-refractivity contribution in [2.75, 3.05) is 0 Å². The number of carbonyl (C=O) groups excluding carboxylic acids is 2. The van der Waals surface area contributed by atoms with E-state index >= 15 is 0 Å². The normalized spacial score (nSPS) is 20.8. The van der Waals surface area contributed by atoms with Crippen LogP contribution in [0.15, 0.2) is 60.7 Å². The first kappa shape index (κ1) is 22.9. The molecule has 7 heteroatoms. The van der Waals surface area contributed by atoms with Crippen LogP contribution in [-0.2, 0) is 22.7 Å². The number of unbranched alkanes of at least 4 members (excludes halogenated alkanes) is 1. The summed E-state index contributed by atoms with van der Waals surface area (Å²) in [5.74, 6) is -0.973. The van der Waals surface area contributed by atoms with Crippen molar-refractivity contribution >= 4 is 30.4 Å². The molecular formula is C24H28N2O4S. The molecule has 0 spiro atoms. The number of aliphatic carboxylic acids is 1. The number of rotatable bonds is 10. The van der Waals surface area contributed by atoms with Crippen molar-refractivity contribution in [2.24, 2.45) is 0 Å². The number of hydrogen-bond acceptors (Lipinski definition) is 4. The number of urea groups is 1. The maximum Gasteiger partial charge on any atom is 0.322 e. The molecule has 0 unspecified atom stereocenters. The topological polar surface area (TPSA) is 77.9 Å². The molecule has 0 radical (unpaired) electrons. The maximum absolute atomic E-state index is 13.4. The van der Waals surface area contributed by atoms with Gasteiger partial charge in [-0.25, -0.2) is 4.79 Å². The number of carbonyl (C=O) groups is 3. The quantitative estimate of drug-likeness (QED) is 0.425. The summed E-state index contributed by atoms with van der Waals surface area (Å²) in [5, 5.41) is 8.23. The third kappa shape index (κ3) is 5.10. The molecule has 1 aliphatic rings. The fourth-order valence-electron chi connectivity index (χ4n) is 3.94. The maximum atomic E-state index is 13.4. The second kappa shape index (κ2) is 10.0. The molecule has 6 nitrogen and oxygen atoms in total. The second-order valence-corrected chi connectivity index (χ2v) is 8.50. The number of Topliss-reactive ketones (excluding diaryl/α,β-unsaturated/α-hetero) is 1. The Morgan fingerprint density at radius 1 is 0.935 bits per heavy atom. The first-order valence-electron chi connectivity index (χ1n) is 10.4. The SMILES string of the molecule is C[C@@]1(C(=O)CCCCC(=O)O)[C@@H](S)N(Cc2ccccc2)C(=O)N1Cc1ccccc1. The van der Waals surface area contributed by atoms with Crippen LogP contribution < -0.4 is 0 Å². The number of carboxylic acids is 1. The van der Waals surface area contributed by atoms with Crippen LogP contribution in [0, 0.1) is 0 Å². The average Bonchev–Trinajstić information content (AvgIpc) is 2.94. The van der Waals surface area contributed by atoms with Gasteiger partial charge in [-0.15, -0.1) is 0 Å². The number of hydrogen-bond donors (Lipinski definition) is 2. The Morgan fingerprint density at radius 3 is 2.00 bits per heavy atom. The van der Waals surface area contributed by atoms with Crippen molar-refractivity contribution in [3.05, 3.63) is 71.8 Å². The van der Waals surface area contributed by atoms with Crippen molar-refractivity contribution in [1.29, 1.82) is 0 Å². The summed E-state index contributed by atoms with van der Waals surface area (Å²) in [6.07, 6.45) is 1.13. The lowest BCUT2D eigenvalue weighted by Gasteiger charge is -2.35. The van der Waals surface area contributed by atoms with Gasteiger partial charge < -0.3 is 14.9 Å². The van der Waals surface area contributed by atoms with Crippen molar-refractivity contribution in [2.45, 2.75) is 56.6 Å². The molecular weight excluding hydrogens is 412 g/mol. The number of thiol groups is 1. The van der Waals surface area contributed by atoms with Crippen LogP contribution in [0.25, 0.3) is 0 Å². The summed E-state index contributed by atoms with van der Waals surface area (Å²) in [5.41, 5.74) is 0.782. The van der Waals surface area contributed by atoms with E-state index in [2.05, 4.69) is 0 Å². The lowest BCUT2D eigenvalue weighted by molar-refractivity contribution is -0.137. The summed E-state index contributed by atoms with van der Waals surface area (Å²) in [4.78, 5) is 40.8. The van der Waals surface area contributed by atoms with Crippen LogP contribution in [-0.4, -0.2) is 43.6 Å². The summed E-state index contributed by atoms with van der Waals surface area (Å²) in [6, 6.07) is 19.0. The van der Waals surface area contributed by atoms with E-state index in [9.17, 15) is 14.4 Å². The molecule has 31 heavy (non-hydrogen) atoms. The minimum atomic E-state index is -1.12. The smallest absolute Gasteiger partial charge is 0.322 e. The molecule has 1 N–H and O–H groups in total. The minimum Gasteiger partial charge on any atom is -0.481 e. The average molecular weight is 441 g/mol. The number of amides is 2. The van der Waals surface area contributed by atoms with Crippen molar-refractivity contribution in [3.8, 4) is 0 Å². The van der Waals surface area contributed by atoms with E-state index in [0.29, 0.717) is 25.9 Å². The summed E-state index contributed by atoms with van der Waals surface area (Å²) in [7, 11) is 0. The van der Waals surface area contributed by atoms with E-state index < -0.39 is 16.9 Å². The number of carboxylic acid groups (broad SMARTS) is 1. The minimum absolute atomic E-state index is 0.0289. The molecule has 0 aliphatic carbocycles. The third-order valence-electron chi connectivity index (χ3n) is 5.82. The van der Waals surface area contributed by atoms with Gasteiger partial charge in [-0.1, -0.05) is 60.7 Å². The van der Waals surface area contributed by atoms with Crippen molar-refractivity contribution in [1.82, 2.24) is 9.80 Å². The molecule has 0 bridgehead atoms. The zero-order valence-corrected chi connectivity index (χ0v) is 18.5. The molecule has 2 amide bonds. The molecule has 1 saturated heterocycles. The number of ketones is 1. The molecule has 2 aromatic carbocycles. The lowest BCUT2D eigenvalue weighted by atomic mass is 9.90. The van der Waals surface area contributed by atoms with E-state index in [1.165, 1.54) is 0 Å². The van der Waals surface area contributed by atoms with E-state index in [1.54, 1.807) is 16.7 Å². The third-order valence-corrected chi connectivity index (χ3v) is 6.61. The van der Waals surface area contributed by atoms with Crippen LogP contribution in [0.2, 0.25) is 0 Å². The van der Waals surface area contributed by atoms with Crippen LogP contribution in [0.5, 0.6) is 0 Å². The second-order valence-electron chi connectivity index (χ2n) is 8.01. The van der Waals surface area contributed by atoms with Gasteiger partial charge in [0.2, 0.25) is 0 Å². The Bertz CT molecular complexity index is 922. The van der Waals surface area contributed by atoms with Gasteiger partial charge in [0.15, 0.2) is 5.78 Å². The molecule has 164 valence electrons. The van der Waals surface area contributed by atoms with Gasteiger partial charge in [0.05, 0.1) is 0 Å². The van der Waals surface area contributed by atoms with E-state index in [0.717, 1.165) is 11.1 Å². The molecule has 0 aromatic heterocycles. The van der Waals surface area contributed by atoms with Crippen LogP contribution in [0.3, 0.4) is 0 Å². The Morgan fingerprint density at radius 2 is 1.45 bits per heavy atom. The Labute approximate surface area is 188 Å². The van der Waals surface area contributed by atoms with Crippen LogP contribution >= 0.6 is 12.6 Å². The first-order valence-corrected chi connectivity index (χ1v) is 10.9. The summed E-state index contributed by atoms with van der Waals surface area (Å²) >= 11 is 4.75. The molecule has 1 aliphatic heterocycles. The van der Waals surface area contributed by atoms with E-state index in [-0.39, 0.29) is 24.7 Å². The van der Waals surface area contributed by atoms with Gasteiger partial charge >= 0.3 is 12.0 Å². The molecule has 2 aromatic rings. The highest BCUT2D eigenvalue weighted by atomic mass is 32.1. The molecule has 3 rings (SSSR count). The lowest BCUT2D eigenvalue weighted by Crippen LogP contribution is -2.53. The number of benzene rings is 2. The van der Waals surface area contributed by atoms with Gasteiger partial charge in [0.1, 0.15) is 10.9 Å². The molecule has 0 saturated carbocycles. The monoisotopic (exact) mass is 440 g/mol.